The van der Waals surface area contributed by atoms with Gasteiger partial charge in [-0.1, -0.05) is 30.3 Å². The molecule has 140 valence electrons. The van der Waals surface area contributed by atoms with Crippen molar-refractivity contribution in [3.05, 3.63) is 65.9 Å². The Morgan fingerprint density at radius 3 is 2.48 bits per heavy atom. The lowest BCUT2D eigenvalue weighted by atomic mass is 10.1. The number of carbonyl (C=O) groups is 1. The Bertz CT molecular complexity index is 935. The van der Waals surface area contributed by atoms with Crippen molar-refractivity contribution in [1.29, 1.82) is 0 Å². The van der Waals surface area contributed by atoms with Crippen LogP contribution in [0.2, 0.25) is 0 Å². The van der Waals surface area contributed by atoms with Gasteiger partial charge in [-0.2, -0.15) is 5.10 Å². The average molecular weight is 365 g/mol. The van der Waals surface area contributed by atoms with Crippen LogP contribution in [0.4, 0.5) is 0 Å². The fraction of sp³-hybridized carbons (Fsp3) is 0.238. The van der Waals surface area contributed by atoms with Gasteiger partial charge in [-0.25, -0.2) is 0 Å². The van der Waals surface area contributed by atoms with Crippen LogP contribution in [0, 0.1) is 0 Å². The van der Waals surface area contributed by atoms with Crippen LogP contribution < -0.4 is 14.8 Å². The van der Waals surface area contributed by atoms with Gasteiger partial charge in [-0.15, -0.1) is 0 Å². The number of benzene rings is 2. The molecule has 27 heavy (non-hydrogen) atoms. The van der Waals surface area contributed by atoms with Crippen molar-refractivity contribution < 1.29 is 14.3 Å². The van der Waals surface area contributed by atoms with E-state index >= 15 is 0 Å². The Labute approximate surface area is 158 Å². The number of ether oxygens (including phenoxy) is 2. The Morgan fingerprint density at radius 2 is 1.81 bits per heavy atom. The second-order valence-corrected chi connectivity index (χ2v) is 6.21. The van der Waals surface area contributed by atoms with Crippen LogP contribution in [0.5, 0.6) is 11.5 Å². The number of hydrogen-bond donors (Lipinski definition) is 1. The highest BCUT2D eigenvalue weighted by atomic mass is 16.5. The molecule has 0 aliphatic rings. The Morgan fingerprint density at radius 1 is 1.07 bits per heavy atom. The first-order valence-electron chi connectivity index (χ1n) is 8.65. The third-order valence-electron chi connectivity index (χ3n) is 4.44. The number of carbonyl (C=O) groups excluding carboxylic acids is 1. The summed E-state index contributed by atoms with van der Waals surface area (Å²) >= 11 is 0. The molecule has 0 bridgehead atoms. The highest BCUT2D eigenvalue weighted by Gasteiger charge is 2.19. The summed E-state index contributed by atoms with van der Waals surface area (Å²) in [7, 11) is 4.95. The van der Waals surface area contributed by atoms with Gasteiger partial charge >= 0.3 is 0 Å². The first kappa shape index (κ1) is 18.5. The van der Waals surface area contributed by atoms with Gasteiger partial charge in [0, 0.05) is 18.7 Å². The standard InChI is InChI=1S/C21H23N3O3/c1-14(15-8-6-5-7-9-15)22-21(25)19-13-18(23-24(19)2)17-11-10-16(26-3)12-20(17)27-4/h5-14H,1-4H3,(H,22,25). The lowest BCUT2D eigenvalue weighted by molar-refractivity contribution is 0.0930. The molecule has 1 amide bonds. The summed E-state index contributed by atoms with van der Waals surface area (Å²) in [5.41, 5.74) is 2.98. The van der Waals surface area contributed by atoms with Crippen molar-refractivity contribution in [2.75, 3.05) is 14.2 Å². The number of rotatable bonds is 6. The number of nitrogens with one attached hydrogen (secondary N) is 1. The fourth-order valence-corrected chi connectivity index (χ4v) is 2.92. The van der Waals surface area contributed by atoms with Crippen LogP contribution in [-0.2, 0) is 7.05 Å². The molecule has 0 aliphatic heterocycles. The molecule has 0 saturated carbocycles. The number of methoxy groups -OCH3 is 2. The Balaban J connectivity index is 1.85. The van der Waals surface area contributed by atoms with Crippen LogP contribution in [0.25, 0.3) is 11.3 Å². The number of aromatic nitrogens is 2. The van der Waals surface area contributed by atoms with Crippen molar-refractivity contribution in [2.45, 2.75) is 13.0 Å². The molecule has 1 aromatic heterocycles. The SMILES string of the molecule is COc1ccc(-c2cc(C(=O)NC(C)c3ccccc3)n(C)n2)c(OC)c1. The van der Waals surface area contributed by atoms with Crippen molar-refractivity contribution in [1.82, 2.24) is 15.1 Å². The van der Waals surface area contributed by atoms with E-state index in [2.05, 4.69) is 10.4 Å². The molecule has 0 radical (unpaired) electrons. The summed E-state index contributed by atoms with van der Waals surface area (Å²) in [6.45, 7) is 1.96. The maximum atomic E-state index is 12.7. The third-order valence-corrected chi connectivity index (χ3v) is 4.44. The summed E-state index contributed by atoms with van der Waals surface area (Å²) in [6, 6.07) is 17.0. The van der Waals surface area contributed by atoms with Crippen molar-refractivity contribution in [3.63, 3.8) is 0 Å². The lowest BCUT2D eigenvalue weighted by Gasteiger charge is -2.14. The van der Waals surface area contributed by atoms with Crippen LogP contribution in [0.3, 0.4) is 0 Å². The minimum Gasteiger partial charge on any atom is -0.497 e. The lowest BCUT2D eigenvalue weighted by Crippen LogP contribution is -2.28. The highest BCUT2D eigenvalue weighted by molar-refractivity contribution is 5.94. The van der Waals surface area contributed by atoms with E-state index in [9.17, 15) is 4.79 Å². The second kappa shape index (κ2) is 7.95. The third kappa shape index (κ3) is 3.95. The van der Waals surface area contributed by atoms with E-state index in [1.54, 1.807) is 38.1 Å². The number of aryl methyl sites for hydroxylation is 1. The molecule has 0 saturated heterocycles. The van der Waals surface area contributed by atoms with Gasteiger partial charge in [0.1, 0.15) is 17.2 Å². The van der Waals surface area contributed by atoms with Crippen LogP contribution >= 0.6 is 0 Å². The minimum absolute atomic E-state index is 0.104. The van der Waals surface area contributed by atoms with E-state index in [0.29, 0.717) is 22.9 Å². The molecule has 6 nitrogen and oxygen atoms in total. The zero-order chi connectivity index (χ0) is 19.4. The number of amides is 1. The van der Waals surface area contributed by atoms with Crippen molar-refractivity contribution >= 4 is 5.91 Å². The predicted octanol–water partition coefficient (Wildman–Crippen LogP) is 3.60. The molecule has 3 aromatic rings. The molecule has 1 N–H and O–H groups in total. The van der Waals surface area contributed by atoms with Crippen molar-refractivity contribution in [3.8, 4) is 22.8 Å². The summed E-state index contributed by atoms with van der Waals surface area (Å²) < 4.78 is 12.3. The van der Waals surface area contributed by atoms with E-state index in [1.807, 2.05) is 49.4 Å². The summed E-state index contributed by atoms with van der Waals surface area (Å²) in [6.07, 6.45) is 0. The molecule has 0 aliphatic carbocycles. The summed E-state index contributed by atoms with van der Waals surface area (Å²) in [5, 5.41) is 7.50. The largest absolute Gasteiger partial charge is 0.497 e. The van der Waals surface area contributed by atoms with E-state index in [4.69, 9.17) is 9.47 Å². The summed E-state index contributed by atoms with van der Waals surface area (Å²) in [4.78, 5) is 12.7. The van der Waals surface area contributed by atoms with Gasteiger partial charge in [0.05, 0.1) is 26.0 Å². The molecular weight excluding hydrogens is 342 g/mol. The van der Waals surface area contributed by atoms with Crippen LogP contribution in [0.1, 0.15) is 29.0 Å². The second-order valence-electron chi connectivity index (χ2n) is 6.21. The molecular formula is C21H23N3O3. The molecule has 2 aromatic carbocycles. The van der Waals surface area contributed by atoms with Crippen molar-refractivity contribution in [2.24, 2.45) is 7.05 Å². The van der Waals surface area contributed by atoms with Crippen LogP contribution in [-0.4, -0.2) is 29.9 Å². The molecule has 6 heteroatoms. The quantitative estimate of drug-likeness (QED) is 0.725. The fourth-order valence-electron chi connectivity index (χ4n) is 2.92. The number of nitrogens with zero attached hydrogens (tertiary/aromatic N) is 2. The predicted molar refractivity (Wildman–Crippen MR) is 104 cm³/mol. The molecule has 3 rings (SSSR count). The maximum Gasteiger partial charge on any atom is 0.270 e. The molecule has 1 atom stereocenters. The Kier molecular flexibility index (Phi) is 5.45. The normalized spacial score (nSPS) is 11.7. The maximum absolute atomic E-state index is 12.7. The average Bonchev–Trinajstić information content (AvgIpc) is 3.09. The minimum atomic E-state index is -0.180. The topological polar surface area (TPSA) is 65.4 Å². The van der Waals surface area contributed by atoms with E-state index in [-0.39, 0.29) is 11.9 Å². The van der Waals surface area contributed by atoms with Gasteiger partial charge in [0.2, 0.25) is 0 Å². The zero-order valence-electron chi connectivity index (χ0n) is 15.9. The smallest absolute Gasteiger partial charge is 0.270 e. The van der Waals surface area contributed by atoms with E-state index in [1.165, 1.54) is 0 Å². The van der Waals surface area contributed by atoms with Gasteiger partial charge in [0.25, 0.3) is 5.91 Å². The first-order chi connectivity index (χ1) is 13.0. The van der Waals surface area contributed by atoms with Gasteiger partial charge in [-0.05, 0) is 30.7 Å². The van der Waals surface area contributed by atoms with Crippen LogP contribution in [0.15, 0.2) is 54.6 Å². The monoisotopic (exact) mass is 365 g/mol. The first-order valence-corrected chi connectivity index (χ1v) is 8.65. The zero-order valence-corrected chi connectivity index (χ0v) is 15.9. The Hall–Kier alpha value is -3.28. The van der Waals surface area contributed by atoms with E-state index in [0.717, 1.165) is 11.1 Å². The number of hydrogen-bond acceptors (Lipinski definition) is 4. The summed E-state index contributed by atoms with van der Waals surface area (Å²) in [5.74, 6) is 1.15. The van der Waals surface area contributed by atoms with Gasteiger partial charge in [-0.3, -0.25) is 9.48 Å². The van der Waals surface area contributed by atoms with E-state index < -0.39 is 0 Å². The molecule has 0 spiro atoms. The highest BCUT2D eigenvalue weighted by Crippen LogP contribution is 2.32. The van der Waals surface area contributed by atoms with Gasteiger partial charge in [0.15, 0.2) is 0 Å². The molecule has 1 heterocycles. The molecule has 0 fully saturated rings. The molecule has 1 unspecified atom stereocenters. The van der Waals surface area contributed by atoms with Gasteiger partial charge < -0.3 is 14.8 Å².